The molecule has 1 aromatic heterocycles. The molecule has 1 heterocycles. The summed E-state index contributed by atoms with van der Waals surface area (Å²) in [7, 11) is 0. The van der Waals surface area contributed by atoms with Gasteiger partial charge < -0.3 is 4.74 Å². The number of hydrazine groups is 1. The van der Waals surface area contributed by atoms with Crippen LogP contribution in [-0.2, 0) is 14.3 Å². The number of hydrogen-bond donors (Lipinski definition) is 2. The molecule has 0 saturated carbocycles. The average Bonchev–Trinajstić information content (AvgIpc) is 2.74. The van der Waals surface area contributed by atoms with Crippen LogP contribution in [0, 0.1) is 17.8 Å². The SMILES string of the molecule is CC(C)C[C@@H](C(=O)NNc1ccccn1)[C@H](CC=Cc1ccccc1)C(=O)OC(C)(C)C. The largest absolute Gasteiger partial charge is 0.460 e. The number of rotatable bonds is 10. The van der Waals surface area contributed by atoms with E-state index in [0.717, 1.165) is 5.56 Å². The molecule has 1 aromatic carbocycles. The minimum atomic E-state index is -0.635. The maximum absolute atomic E-state index is 13.2. The average molecular weight is 438 g/mol. The zero-order valence-electron chi connectivity index (χ0n) is 19.7. The van der Waals surface area contributed by atoms with Gasteiger partial charge in [0.2, 0.25) is 5.91 Å². The van der Waals surface area contributed by atoms with Crippen LogP contribution in [0.5, 0.6) is 0 Å². The first-order valence-electron chi connectivity index (χ1n) is 11.1. The maximum Gasteiger partial charge on any atom is 0.310 e. The molecule has 0 aliphatic heterocycles. The predicted octanol–water partition coefficient (Wildman–Crippen LogP) is 5.25. The van der Waals surface area contributed by atoms with Gasteiger partial charge in [0.1, 0.15) is 11.4 Å². The summed E-state index contributed by atoms with van der Waals surface area (Å²) in [5, 5.41) is 0. The van der Waals surface area contributed by atoms with Crippen molar-refractivity contribution in [2.24, 2.45) is 17.8 Å². The quantitative estimate of drug-likeness (QED) is 0.392. The molecule has 32 heavy (non-hydrogen) atoms. The van der Waals surface area contributed by atoms with Gasteiger partial charge in [-0.3, -0.25) is 20.4 Å². The van der Waals surface area contributed by atoms with Crippen molar-refractivity contribution in [3.8, 4) is 0 Å². The van der Waals surface area contributed by atoms with E-state index >= 15 is 0 Å². The van der Waals surface area contributed by atoms with Crippen LogP contribution in [0.25, 0.3) is 6.08 Å². The second kappa shape index (κ2) is 12.0. The number of nitrogens with zero attached hydrogens (tertiary/aromatic N) is 1. The number of ether oxygens (including phenoxy) is 1. The van der Waals surface area contributed by atoms with Crippen molar-refractivity contribution in [2.75, 3.05) is 5.43 Å². The number of hydrogen-bond acceptors (Lipinski definition) is 5. The van der Waals surface area contributed by atoms with E-state index < -0.39 is 17.4 Å². The summed E-state index contributed by atoms with van der Waals surface area (Å²) in [4.78, 5) is 30.5. The van der Waals surface area contributed by atoms with E-state index in [-0.39, 0.29) is 17.8 Å². The Morgan fingerprint density at radius 1 is 1.03 bits per heavy atom. The van der Waals surface area contributed by atoms with Crippen molar-refractivity contribution in [1.82, 2.24) is 10.4 Å². The highest BCUT2D eigenvalue weighted by molar-refractivity contribution is 5.86. The van der Waals surface area contributed by atoms with Crippen LogP contribution in [0.3, 0.4) is 0 Å². The Morgan fingerprint density at radius 2 is 1.72 bits per heavy atom. The lowest BCUT2D eigenvalue weighted by molar-refractivity contribution is -0.164. The first-order valence-corrected chi connectivity index (χ1v) is 11.1. The molecule has 2 atom stereocenters. The lowest BCUT2D eigenvalue weighted by Crippen LogP contribution is -2.43. The third kappa shape index (κ3) is 8.92. The lowest BCUT2D eigenvalue weighted by Gasteiger charge is -2.29. The van der Waals surface area contributed by atoms with Crippen molar-refractivity contribution >= 4 is 23.8 Å². The predicted molar refractivity (Wildman–Crippen MR) is 128 cm³/mol. The van der Waals surface area contributed by atoms with Gasteiger partial charge in [-0.25, -0.2) is 4.98 Å². The van der Waals surface area contributed by atoms with Gasteiger partial charge in [0, 0.05) is 6.20 Å². The zero-order chi connectivity index (χ0) is 23.6. The van der Waals surface area contributed by atoms with Gasteiger partial charge in [-0.05, 0) is 57.2 Å². The number of carbonyl (C=O) groups excluding carboxylic acids is 2. The van der Waals surface area contributed by atoms with E-state index in [1.165, 1.54) is 0 Å². The fourth-order valence-corrected chi connectivity index (χ4v) is 3.33. The Labute approximate surface area is 191 Å². The minimum Gasteiger partial charge on any atom is -0.460 e. The molecule has 6 nitrogen and oxygen atoms in total. The van der Waals surface area contributed by atoms with Gasteiger partial charge in [-0.1, -0.05) is 62.4 Å². The molecule has 2 aromatic rings. The number of allylic oxidation sites excluding steroid dienone is 1. The second-order valence-corrected chi connectivity index (χ2v) is 9.25. The molecule has 0 aliphatic rings. The summed E-state index contributed by atoms with van der Waals surface area (Å²) in [6.07, 6.45) is 6.50. The van der Waals surface area contributed by atoms with Crippen molar-refractivity contribution in [3.63, 3.8) is 0 Å². The molecule has 0 bridgehead atoms. The molecule has 172 valence electrons. The molecule has 0 radical (unpaired) electrons. The summed E-state index contributed by atoms with van der Waals surface area (Å²) in [5.41, 5.74) is 5.97. The molecule has 0 spiro atoms. The summed E-state index contributed by atoms with van der Waals surface area (Å²) >= 11 is 0. The third-order valence-corrected chi connectivity index (χ3v) is 4.74. The number of anilines is 1. The van der Waals surface area contributed by atoms with Crippen LogP contribution < -0.4 is 10.9 Å². The van der Waals surface area contributed by atoms with Crippen molar-refractivity contribution in [3.05, 3.63) is 66.4 Å². The number of aromatic nitrogens is 1. The van der Waals surface area contributed by atoms with Gasteiger partial charge in [-0.15, -0.1) is 0 Å². The Morgan fingerprint density at radius 3 is 2.31 bits per heavy atom. The molecule has 0 saturated heterocycles. The smallest absolute Gasteiger partial charge is 0.310 e. The third-order valence-electron chi connectivity index (χ3n) is 4.74. The molecule has 2 N–H and O–H groups in total. The molecule has 0 unspecified atom stereocenters. The van der Waals surface area contributed by atoms with E-state index in [4.69, 9.17) is 4.74 Å². The summed E-state index contributed by atoms with van der Waals surface area (Å²) in [5.74, 6) is -1.03. The van der Waals surface area contributed by atoms with Crippen LogP contribution >= 0.6 is 0 Å². The van der Waals surface area contributed by atoms with E-state index in [0.29, 0.717) is 18.7 Å². The first kappa shape index (κ1) is 25.1. The Kier molecular flexibility index (Phi) is 9.44. The number of benzene rings is 1. The normalized spacial score (nSPS) is 13.6. The van der Waals surface area contributed by atoms with Gasteiger partial charge >= 0.3 is 5.97 Å². The van der Waals surface area contributed by atoms with E-state index in [1.54, 1.807) is 18.3 Å². The summed E-state index contributed by atoms with van der Waals surface area (Å²) < 4.78 is 5.69. The lowest BCUT2D eigenvalue weighted by atomic mass is 9.82. The van der Waals surface area contributed by atoms with Crippen molar-refractivity contribution < 1.29 is 14.3 Å². The fraction of sp³-hybridized carbons (Fsp3) is 0.423. The zero-order valence-corrected chi connectivity index (χ0v) is 19.7. The highest BCUT2D eigenvalue weighted by Gasteiger charge is 2.36. The fourth-order valence-electron chi connectivity index (χ4n) is 3.33. The Hall–Kier alpha value is -3.15. The van der Waals surface area contributed by atoms with E-state index in [9.17, 15) is 9.59 Å². The minimum absolute atomic E-state index is 0.226. The molecular weight excluding hydrogens is 402 g/mol. The number of carbonyl (C=O) groups is 2. The molecule has 6 heteroatoms. The topological polar surface area (TPSA) is 80.3 Å². The van der Waals surface area contributed by atoms with Crippen LogP contribution in [0.1, 0.15) is 53.0 Å². The second-order valence-electron chi connectivity index (χ2n) is 9.25. The van der Waals surface area contributed by atoms with E-state index in [2.05, 4.69) is 15.8 Å². The monoisotopic (exact) mass is 437 g/mol. The standard InChI is InChI=1S/C26H35N3O3/c1-19(2)18-22(24(30)29-28-23-16-9-10-17-27-23)21(25(31)32-26(3,4)5)15-11-14-20-12-7-6-8-13-20/h6-14,16-17,19,21-22H,15,18H2,1-5H3,(H,27,28)(H,29,30)/t21-,22+/m0/s1. The van der Waals surface area contributed by atoms with E-state index in [1.807, 2.05) is 83.2 Å². The van der Waals surface area contributed by atoms with Crippen molar-refractivity contribution in [1.29, 1.82) is 0 Å². The molecule has 2 rings (SSSR count). The molecule has 1 amide bonds. The number of pyridine rings is 1. The van der Waals surface area contributed by atoms with Crippen LogP contribution in [0.15, 0.2) is 60.8 Å². The number of amides is 1. The summed E-state index contributed by atoms with van der Waals surface area (Å²) in [6.45, 7) is 9.59. The molecule has 0 fully saturated rings. The highest BCUT2D eigenvalue weighted by atomic mass is 16.6. The van der Waals surface area contributed by atoms with Gasteiger partial charge in [0.25, 0.3) is 0 Å². The van der Waals surface area contributed by atoms with Crippen LogP contribution in [0.2, 0.25) is 0 Å². The van der Waals surface area contributed by atoms with Gasteiger partial charge in [0.15, 0.2) is 0 Å². The van der Waals surface area contributed by atoms with Gasteiger partial charge in [0.05, 0.1) is 11.8 Å². The van der Waals surface area contributed by atoms with Gasteiger partial charge in [-0.2, -0.15) is 0 Å². The van der Waals surface area contributed by atoms with Crippen LogP contribution in [0.4, 0.5) is 5.82 Å². The highest BCUT2D eigenvalue weighted by Crippen LogP contribution is 2.28. The summed E-state index contributed by atoms with van der Waals surface area (Å²) in [6, 6.07) is 15.2. The molecule has 0 aliphatic carbocycles. The Balaban J connectivity index is 2.22. The maximum atomic E-state index is 13.2. The van der Waals surface area contributed by atoms with Crippen LogP contribution in [-0.4, -0.2) is 22.5 Å². The molecular formula is C26H35N3O3. The van der Waals surface area contributed by atoms with Crippen molar-refractivity contribution in [2.45, 2.75) is 53.1 Å². The Bertz CT molecular complexity index is 874. The number of nitrogens with one attached hydrogen (secondary N) is 2. The number of esters is 1. The first-order chi connectivity index (χ1) is 15.2.